The second-order valence-electron chi connectivity index (χ2n) is 3.73. The first kappa shape index (κ1) is 14.9. The maximum Gasteiger partial charge on any atom is 0.239 e. The highest BCUT2D eigenvalue weighted by atomic mass is 16.2. The van der Waals surface area contributed by atoms with Crippen LogP contribution in [-0.4, -0.2) is 49.4 Å². The number of likely N-dealkylation sites (N-methyl/N-ethyl adjacent to an activating group) is 1. The van der Waals surface area contributed by atoms with E-state index < -0.39 is 0 Å². The van der Waals surface area contributed by atoms with E-state index in [-0.39, 0.29) is 17.9 Å². The molecule has 0 saturated heterocycles. The molecule has 0 aliphatic heterocycles. The second-order valence-corrected chi connectivity index (χ2v) is 3.73. The van der Waals surface area contributed by atoms with Gasteiger partial charge in [0, 0.05) is 33.1 Å². The zero-order valence-corrected chi connectivity index (χ0v) is 10.7. The highest BCUT2D eigenvalue weighted by Crippen LogP contribution is 1.91. The lowest BCUT2D eigenvalue weighted by atomic mass is 10.2. The molecular weight excluding hydrogens is 206 g/mol. The van der Waals surface area contributed by atoms with Crippen molar-refractivity contribution in [1.82, 2.24) is 15.5 Å². The number of carbonyl (C=O) groups excluding carboxylic acids is 2. The van der Waals surface area contributed by atoms with Gasteiger partial charge in [-0.15, -0.1) is 0 Å². The summed E-state index contributed by atoms with van der Waals surface area (Å²) >= 11 is 0. The van der Waals surface area contributed by atoms with E-state index in [4.69, 9.17) is 0 Å². The van der Waals surface area contributed by atoms with Gasteiger partial charge in [-0.2, -0.15) is 0 Å². The van der Waals surface area contributed by atoms with Crippen LogP contribution in [-0.2, 0) is 9.59 Å². The number of carbonyl (C=O) groups is 2. The molecule has 0 heterocycles. The van der Waals surface area contributed by atoms with Gasteiger partial charge < -0.3 is 15.5 Å². The van der Waals surface area contributed by atoms with Crippen LogP contribution < -0.4 is 10.6 Å². The van der Waals surface area contributed by atoms with Gasteiger partial charge in [0.25, 0.3) is 0 Å². The van der Waals surface area contributed by atoms with Gasteiger partial charge in [-0.05, 0) is 20.8 Å². The zero-order valence-electron chi connectivity index (χ0n) is 10.7. The molecule has 0 rings (SSSR count). The van der Waals surface area contributed by atoms with Crippen molar-refractivity contribution in [2.45, 2.75) is 33.2 Å². The van der Waals surface area contributed by atoms with Crippen LogP contribution in [0.1, 0.15) is 27.2 Å². The molecule has 0 fully saturated rings. The second kappa shape index (κ2) is 8.10. The van der Waals surface area contributed by atoms with E-state index in [0.717, 1.165) is 0 Å². The van der Waals surface area contributed by atoms with Gasteiger partial charge >= 0.3 is 0 Å². The Morgan fingerprint density at radius 2 is 1.94 bits per heavy atom. The van der Waals surface area contributed by atoms with Gasteiger partial charge in [0.2, 0.25) is 11.8 Å². The van der Waals surface area contributed by atoms with Crippen molar-refractivity contribution in [1.29, 1.82) is 0 Å². The molecule has 0 saturated carbocycles. The maximum absolute atomic E-state index is 11.6. The minimum atomic E-state index is -0.237. The molecule has 0 aromatic heterocycles. The first-order valence-corrected chi connectivity index (χ1v) is 5.77. The van der Waals surface area contributed by atoms with Crippen LogP contribution in [0.25, 0.3) is 0 Å². The predicted octanol–water partition coefficient (Wildman–Crippen LogP) is -0.0310. The van der Waals surface area contributed by atoms with E-state index in [1.54, 1.807) is 11.9 Å². The Labute approximate surface area is 97.6 Å². The van der Waals surface area contributed by atoms with Gasteiger partial charge in [-0.1, -0.05) is 0 Å². The topological polar surface area (TPSA) is 61.4 Å². The summed E-state index contributed by atoms with van der Waals surface area (Å²) in [6, 6.07) is -0.237. The average molecular weight is 229 g/mol. The molecule has 0 radical (unpaired) electrons. The van der Waals surface area contributed by atoms with Crippen molar-refractivity contribution in [3.05, 3.63) is 0 Å². The lowest BCUT2D eigenvalue weighted by Crippen LogP contribution is -2.44. The SMILES string of the molecule is CCNC(=O)CCNC(C)C(=O)N(C)CC. The molecular formula is C11H23N3O2. The summed E-state index contributed by atoms with van der Waals surface area (Å²) in [6.07, 6.45) is 0.404. The molecule has 1 unspecified atom stereocenters. The highest BCUT2D eigenvalue weighted by molar-refractivity contribution is 5.81. The summed E-state index contributed by atoms with van der Waals surface area (Å²) in [5.74, 6) is 0.0666. The molecule has 0 spiro atoms. The van der Waals surface area contributed by atoms with E-state index in [0.29, 0.717) is 26.1 Å². The van der Waals surface area contributed by atoms with Gasteiger partial charge in [0.1, 0.15) is 0 Å². The minimum Gasteiger partial charge on any atom is -0.356 e. The molecule has 0 aromatic rings. The molecule has 5 nitrogen and oxygen atoms in total. The van der Waals surface area contributed by atoms with Crippen LogP contribution in [0.4, 0.5) is 0 Å². The van der Waals surface area contributed by atoms with Crippen LogP contribution in [0.3, 0.4) is 0 Å². The Balaban J connectivity index is 3.76. The van der Waals surface area contributed by atoms with E-state index in [2.05, 4.69) is 10.6 Å². The molecule has 0 aliphatic rings. The smallest absolute Gasteiger partial charge is 0.239 e. The first-order chi connectivity index (χ1) is 7.52. The Morgan fingerprint density at radius 1 is 1.31 bits per heavy atom. The van der Waals surface area contributed by atoms with Crippen LogP contribution in [0.15, 0.2) is 0 Å². The molecule has 0 aromatic carbocycles. The molecule has 0 bridgehead atoms. The monoisotopic (exact) mass is 229 g/mol. The number of rotatable bonds is 7. The average Bonchev–Trinajstić information content (AvgIpc) is 2.27. The number of hydrogen-bond donors (Lipinski definition) is 2. The predicted molar refractivity (Wildman–Crippen MR) is 64.1 cm³/mol. The summed E-state index contributed by atoms with van der Waals surface area (Å²) in [5.41, 5.74) is 0. The minimum absolute atomic E-state index is 0.0125. The van der Waals surface area contributed by atoms with Crippen LogP contribution >= 0.6 is 0 Å². The summed E-state index contributed by atoms with van der Waals surface area (Å²) in [5, 5.41) is 5.74. The van der Waals surface area contributed by atoms with Crippen molar-refractivity contribution >= 4 is 11.8 Å². The van der Waals surface area contributed by atoms with Crippen molar-refractivity contribution in [2.24, 2.45) is 0 Å². The normalized spacial score (nSPS) is 12.0. The largest absolute Gasteiger partial charge is 0.356 e. The third-order valence-corrected chi connectivity index (χ3v) is 2.40. The Bertz CT molecular complexity index is 231. The van der Waals surface area contributed by atoms with E-state index in [1.807, 2.05) is 20.8 Å². The number of hydrogen-bond acceptors (Lipinski definition) is 3. The molecule has 2 amide bonds. The molecule has 16 heavy (non-hydrogen) atoms. The fourth-order valence-electron chi connectivity index (χ4n) is 1.26. The third-order valence-electron chi connectivity index (χ3n) is 2.40. The van der Waals surface area contributed by atoms with Gasteiger partial charge in [0.05, 0.1) is 6.04 Å². The summed E-state index contributed by atoms with van der Waals surface area (Å²) in [7, 11) is 1.77. The number of nitrogens with one attached hydrogen (secondary N) is 2. The van der Waals surface area contributed by atoms with Crippen LogP contribution in [0.2, 0.25) is 0 Å². The van der Waals surface area contributed by atoms with Crippen LogP contribution in [0, 0.1) is 0 Å². The Morgan fingerprint density at radius 3 is 2.44 bits per heavy atom. The lowest BCUT2D eigenvalue weighted by Gasteiger charge is -2.20. The van der Waals surface area contributed by atoms with E-state index in [9.17, 15) is 9.59 Å². The summed E-state index contributed by atoms with van der Waals surface area (Å²) in [4.78, 5) is 24.4. The number of amides is 2. The fraction of sp³-hybridized carbons (Fsp3) is 0.818. The van der Waals surface area contributed by atoms with Crippen molar-refractivity contribution in [3.63, 3.8) is 0 Å². The molecule has 0 aliphatic carbocycles. The van der Waals surface area contributed by atoms with Crippen molar-refractivity contribution in [2.75, 3.05) is 26.7 Å². The summed E-state index contributed by atoms with van der Waals surface area (Å²) in [6.45, 7) is 7.49. The Hall–Kier alpha value is -1.10. The number of nitrogens with zero attached hydrogens (tertiary/aromatic N) is 1. The zero-order chi connectivity index (χ0) is 12.6. The standard InChI is InChI=1S/C11H23N3O2/c1-5-12-10(15)7-8-13-9(3)11(16)14(4)6-2/h9,13H,5-8H2,1-4H3,(H,12,15). The quantitative estimate of drug-likeness (QED) is 0.644. The molecule has 1 atom stereocenters. The lowest BCUT2D eigenvalue weighted by molar-refractivity contribution is -0.131. The first-order valence-electron chi connectivity index (χ1n) is 5.77. The van der Waals surface area contributed by atoms with Gasteiger partial charge in [-0.25, -0.2) is 0 Å². The molecule has 2 N–H and O–H groups in total. The van der Waals surface area contributed by atoms with Crippen molar-refractivity contribution < 1.29 is 9.59 Å². The Kier molecular flexibility index (Phi) is 7.54. The third kappa shape index (κ3) is 5.70. The fourth-order valence-corrected chi connectivity index (χ4v) is 1.26. The van der Waals surface area contributed by atoms with Crippen LogP contribution in [0.5, 0.6) is 0 Å². The molecule has 5 heteroatoms. The maximum atomic E-state index is 11.6. The van der Waals surface area contributed by atoms with Crippen molar-refractivity contribution in [3.8, 4) is 0 Å². The summed E-state index contributed by atoms with van der Waals surface area (Å²) < 4.78 is 0. The highest BCUT2D eigenvalue weighted by Gasteiger charge is 2.15. The van der Waals surface area contributed by atoms with Gasteiger partial charge in [0.15, 0.2) is 0 Å². The van der Waals surface area contributed by atoms with E-state index in [1.165, 1.54) is 0 Å². The van der Waals surface area contributed by atoms with Gasteiger partial charge in [-0.3, -0.25) is 9.59 Å². The molecule has 94 valence electrons. The van der Waals surface area contributed by atoms with E-state index >= 15 is 0 Å².